The number of nitrogens with zero attached hydrogens (tertiary/aromatic N) is 1. The van der Waals surface area contributed by atoms with E-state index in [4.69, 9.17) is 0 Å². The topological polar surface area (TPSA) is 40.5 Å². The molecule has 21 heavy (non-hydrogen) atoms. The van der Waals surface area contributed by atoms with E-state index < -0.39 is 17.7 Å². The summed E-state index contributed by atoms with van der Waals surface area (Å²) >= 11 is 0. The molecule has 4 heteroatoms. The summed E-state index contributed by atoms with van der Waals surface area (Å²) in [5.74, 6) is -2.37. The van der Waals surface area contributed by atoms with Gasteiger partial charge in [-0.05, 0) is 30.2 Å². The highest BCUT2D eigenvalue weighted by Crippen LogP contribution is 2.25. The molecule has 0 amide bonds. The van der Waals surface area contributed by atoms with Gasteiger partial charge in [0.05, 0.1) is 5.92 Å². The average Bonchev–Trinajstić information content (AvgIpc) is 2.46. The Morgan fingerprint density at radius 2 is 1.76 bits per heavy atom. The lowest BCUT2D eigenvalue weighted by molar-refractivity contribution is -0.138. The molecule has 1 N–H and O–H groups in total. The van der Waals surface area contributed by atoms with Crippen molar-refractivity contribution in [1.82, 2.24) is 0 Å². The van der Waals surface area contributed by atoms with Crippen LogP contribution >= 0.6 is 0 Å². The zero-order valence-corrected chi connectivity index (χ0v) is 12.1. The molecule has 0 aliphatic rings. The molecular weight excluding hydrogens is 269 g/mol. The molecule has 2 aromatic rings. The number of halogens is 1. The minimum atomic E-state index is -1.02. The zero-order valence-electron chi connectivity index (χ0n) is 12.1. The second-order valence-corrected chi connectivity index (χ2v) is 5.18. The maximum atomic E-state index is 13.8. The van der Waals surface area contributed by atoms with Gasteiger partial charge >= 0.3 is 5.97 Å². The Hall–Kier alpha value is -2.36. The second kappa shape index (κ2) is 6.39. The molecule has 0 bridgehead atoms. The molecule has 110 valence electrons. The van der Waals surface area contributed by atoms with Crippen LogP contribution in [0.1, 0.15) is 17.0 Å². The van der Waals surface area contributed by atoms with Gasteiger partial charge in [0, 0.05) is 25.3 Å². The Bertz CT molecular complexity index is 623. The molecule has 1 atom stereocenters. The summed E-state index contributed by atoms with van der Waals surface area (Å²) in [5, 5.41) is 9.38. The lowest BCUT2D eigenvalue weighted by Crippen LogP contribution is -2.16. The lowest BCUT2D eigenvalue weighted by Gasteiger charge is -2.16. The van der Waals surface area contributed by atoms with Gasteiger partial charge in [0.25, 0.3) is 0 Å². The summed E-state index contributed by atoms with van der Waals surface area (Å²) in [6, 6.07) is 13.7. The van der Waals surface area contributed by atoms with Gasteiger partial charge < -0.3 is 10.0 Å². The van der Waals surface area contributed by atoms with Crippen LogP contribution in [0.4, 0.5) is 10.1 Å². The first-order valence-corrected chi connectivity index (χ1v) is 6.72. The predicted molar refractivity (Wildman–Crippen MR) is 81.2 cm³/mol. The van der Waals surface area contributed by atoms with Crippen molar-refractivity contribution >= 4 is 11.7 Å². The number of benzene rings is 2. The first kappa shape index (κ1) is 15.0. The zero-order chi connectivity index (χ0) is 15.4. The van der Waals surface area contributed by atoms with Gasteiger partial charge in [0.2, 0.25) is 0 Å². The first-order chi connectivity index (χ1) is 9.99. The minimum absolute atomic E-state index is 0.224. The highest BCUT2D eigenvalue weighted by Gasteiger charge is 2.23. The summed E-state index contributed by atoms with van der Waals surface area (Å²) in [7, 11) is 3.88. The molecule has 0 saturated heterocycles. The number of carboxylic acids is 1. The van der Waals surface area contributed by atoms with E-state index in [0.29, 0.717) is 0 Å². The van der Waals surface area contributed by atoms with Crippen molar-refractivity contribution in [3.05, 3.63) is 65.5 Å². The van der Waals surface area contributed by atoms with Gasteiger partial charge in [-0.15, -0.1) is 0 Å². The SMILES string of the molecule is CN(C)c1ccc(CC(C(=O)O)c2ccccc2F)cc1. The Morgan fingerprint density at radius 3 is 2.29 bits per heavy atom. The van der Waals surface area contributed by atoms with Crippen LogP contribution in [0.25, 0.3) is 0 Å². The van der Waals surface area contributed by atoms with E-state index in [1.807, 2.05) is 43.3 Å². The molecule has 0 radical (unpaired) electrons. The van der Waals surface area contributed by atoms with Gasteiger partial charge in [-0.2, -0.15) is 0 Å². The number of aliphatic carboxylic acids is 1. The van der Waals surface area contributed by atoms with E-state index in [2.05, 4.69) is 0 Å². The normalized spacial score (nSPS) is 12.0. The third kappa shape index (κ3) is 3.60. The van der Waals surface area contributed by atoms with Crippen LogP contribution in [-0.4, -0.2) is 25.2 Å². The van der Waals surface area contributed by atoms with E-state index in [-0.39, 0.29) is 12.0 Å². The predicted octanol–water partition coefficient (Wildman–Crippen LogP) is 3.30. The third-order valence-electron chi connectivity index (χ3n) is 3.47. The van der Waals surface area contributed by atoms with Crippen molar-refractivity contribution in [2.24, 2.45) is 0 Å². The van der Waals surface area contributed by atoms with Crippen LogP contribution in [0, 0.1) is 5.82 Å². The lowest BCUT2D eigenvalue weighted by atomic mass is 9.91. The molecule has 0 saturated carbocycles. The monoisotopic (exact) mass is 287 g/mol. The number of hydrogen-bond donors (Lipinski definition) is 1. The van der Waals surface area contributed by atoms with Crippen molar-refractivity contribution in [2.75, 3.05) is 19.0 Å². The van der Waals surface area contributed by atoms with Crippen molar-refractivity contribution in [1.29, 1.82) is 0 Å². The van der Waals surface area contributed by atoms with Crippen molar-refractivity contribution in [3.63, 3.8) is 0 Å². The fourth-order valence-corrected chi connectivity index (χ4v) is 2.25. The van der Waals surface area contributed by atoms with E-state index in [9.17, 15) is 14.3 Å². The Balaban J connectivity index is 2.25. The Kier molecular flexibility index (Phi) is 4.58. The highest BCUT2D eigenvalue weighted by atomic mass is 19.1. The number of rotatable bonds is 5. The van der Waals surface area contributed by atoms with E-state index >= 15 is 0 Å². The van der Waals surface area contributed by atoms with Gasteiger partial charge in [-0.25, -0.2) is 4.39 Å². The van der Waals surface area contributed by atoms with Crippen molar-refractivity contribution < 1.29 is 14.3 Å². The molecule has 0 aromatic heterocycles. The van der Waals surface area contributed by atoms with Crippen molar-refractivity contribution in [2.45, 2.75) is 12.3 Å². The van der Waals surface area contributed by atoms with E-state index in [1.54, 1.807) is 12.1 Å². The molecule has 0 aliphatic carbocycles. The van der Waals surface area contributed by atoms with Crippen LogP contribution in [0.5, 0.6) is 0 Å². The van der Waals surface area contributed by atoms with Crippen molar-refractivity contribution in [3.8, 4) is 0 Å². The van der Waals surface area contributed by atoms with Crippen LogP contribution in [0.15, 0.2) is 48.5 Å². The first-order valence-electron chi connectivity index (χ1n) is 6.72. The van der Waals surface area contributed by atoms with Gasteiger partial charge in [0.15, 0.2) is 0 Å². The molecule has 0 fully saturated rings. The number of carbonyl (C=O) groups is 1. The summed E-state index contributed by atoms with van der Waals surface area (Å²) in [6.07, 6.45) is 0.268. The molecule has 0 heterocycles. The summed E-state index contributed by atoms with van der Waals surface area (Å²) in [4.78, 5) is 13.4. The van der Waals surface area contributed by atoms with Gasteiger partial charge in [0.1, 0.15) is 5.82 Å². The number of hydrogen-bond acceptors (Lipinski definition) is 2. The van der Waals surface area contributed by atoms with Crippen LogP contribution in [0.3, 0.4) is 0 Å². The van der Waals surface area contributed by atoms with Crippen LogP contribution in [0.2, 0.25) is 0 Å². The summed E-state index contributed by atoms with van der Waals surface area (Å²) < 4.78 is 13.8. The molecule has 3 nitrogen and oxygen atoms in total. The molecule has 2 aromatic carbocycles. The largest absolute Gasteiger partial charge is 0.481 e. The summed E-state index contributed by atoms with van der Waals surface area (Å²) in [5.41, 5.74) is 2.13. The van der Waals surface area contributed by atoms with E-state index in [1.165, 1.54) is 12.1 Å². The summed E-state index contributed by atoms with van der Waals surface area (Å²) in [6.45, 7) is 0. The quantitative estimate of drug-likeness (QED) is 0.917. The van der Waals surface area contributed by atoms with E-state index in [0.717, 1.165) is 11.3 Å². The number of anilines is 1. The van der Waals surface area contributed by atoms with Crippen LogP contribution in [-0.2, 0) is 11.2 Å². The standard InChI is InChI=1S/C17H18FNO2/c1-19(2)13-9-7-12(8-10-13)11-15(17(20)21)14-5-3-4-6-16(14)18/h3-10,15H,11H2,1-2H3,(H,20,21). The fraction of sp³-hybridized carbons (Fsp3) is 0.235. The van der Waals surface area contributed by atoms with Crippen LogP contribution < -0.4 is 4.90 Å². The second-order valence-electron chi connectivity index (χ2n) is 5.18. The number of carboxylic acid groups (broad SMARTS) is 1. The molecule has 1 unspecified atom stereocenters. The smallest absolute Gasteiger partial charge is 0.311 e. The third-order valence-corrected chi connectivity index (χ3v) is 3.47. The Labute approximate surface area is 123 Å². The molecular formula is C17H18FNO2. The fourth-order valence-electron chi connectivity index (χ4n) is 2.25. The minimum Gasteiger partial charge on any atom is -0.481 e. The van der Waals surface area contributed by atoms with Gasteiger partial charge in [-0.1, -0.05) is 30.3 Å². The highest BCUT2D eigenvalue weighted by molar-refractivity contribution is 5.76. The maximum absolute atomic E-state index is 13.8. The maximum Gasteiger partial charge on any atom is 0.311 e. The molecule has 0 spiro atoms. The molecule has 0 aliphatic heterocycles. The Morgan fingerprint density at radius 1 is 1.14 bits per heavy atom. The van der Waals surface area contributed by atoms with Gasteiger partial charge in [-0.3, -0.25) is 4.79 Å². The average molecular weight is 287 g/mol. The molecule has 2 rings (SSSR count).